The van der Waals surface area contributed by atoms with Gasteiger partial charge in [-0.1, -0.05) is 19.9 Å². The summed E-state index contributed by atoms with van der Waals surface area (Å²) in [4.78, 5) is 0. The number of hydrogen-bond donors (Lipinski definition) is 1. The highest BCUT2D eigenvalue weighted by atomic mass is 16.5. The summed E-state index contributed by atoms with van der Waals surface area (Å²) in [6.45, 7) is 8.81. The minimum Gasteiger partial charge on any atom is -0.496 e. The summed E-state index contributed by atoms with van der Waals surface area (Å²) in [6.07, 6.45) is 0.788. The van der Waals surface area contributed by atoms with E-state index in [1.807, 2.05) is 0 Å². The zero-order valence-corrected chi connectivity index (χ0v) is 11.6. The lowest BCUT2D eigenvalue weighted by molar-refractivity contribution is 0.259. The Hall–Kier alpha value is -1.02. The molecule has 2 heteroatoms. The summed E-state index contributed by atoms with van der Waals surface area (Å²) in [5.41, 5.74) is 3.75. The fourth-order valence-electron chi connectivity index (χ4n) is 2.27. The van der Waals surface area contributed by atoms with E-state index in [4.69, 9.17) is 4.74 Å². The third-order valence-electron chi connectivity index (χ3n) is 3.49. The first-order chi connectivity index (χ1) is 8.01. The molecule has 0 aliphatic carbocycles. The number of aliphatic hydroxyl groups is 1. The van der Waals surface area contributed by atoms with Crippen LogP contribution in [0.5, 0.6) is 5.75 Å². The molecule has 0 aromatic heterocycles. The molecule has 0 saturated heterocycles. The van der Waals surface area contributed by atoms with Crippen LogP contribution in [0.2, 0.25) is 0 Å². The van der Waals surface area contributed by atoms with Gasteiger partial charge < -0.3 is 9.84 Å². The van der Waals surface area contributed by atoms with Crippen LogP contribution in [0.15, 0.2) is 12.1 Å². The van der Waals surface area contributed by atoms with Crippen molar-refractivity contribution in [2.45, 2.75) is 40.0 Å². The second kappa shape index (κ2) is 6.06. The highest BCUT2D eigenvalue weighted by molar-refractivity contribution is 5.44. The Morgan fingerprint density at radius 3 is 2.24 bits per heavy atom. The van der Waals surface area contributed by atoms with Crippen LogP contribution in [0, 0.1) is 19.8 Å². The van der Waals surface area contributed by atoms with Crippen LogP contribution < -0.4 is 4.74 Å². The van der Waals surface area contributed by atoms with Crippen molar-refractivity contribution in [1.82, 2.24) is 0 Å². The number of aryl methyl sites for hydroxylation is 2. The highest BCUT2D eigenvalue weighted by Gasteiger charge is 2.20. The molecule has 0 saturated carbocycles. The Morgan fingerprint density at radius 1 is 1.18 bits per heavy atom. The summed E-state index contributed by atoms with van der Waals surface area (Å²) >= 11 is 0. The average molecular weight is 236 g/mol. The number of rotatable bonds is 5. The molecule has 1 atom stereocenters. The first kappa shape index (κ1) is 14.0. The van der Waals surface area contributed by atoms with Crippen molar-refractivity contribution in [3.05, 3.63) is 28.8 Å². The molecule has 1 aromatic carbocycles. The van der Waals surface area contributed by atoms with Gasteiger partial charge in [0.15, 0.2) is 0 Å². The number of ether oxygens (including phenoxy) is 1. The number of hydrogen-bond acceptors (Lipinski definition) is 2. The van der Waals surface area contributed by atoms with E-state index in [0.29, 0.717) is 11.8 Å². The molecule has 0 aliphatic heterocycles. The molecule has 1 rings (SSSR count). The van der Waals surface area contributed by atoms with Gasteiger partial charge in [-0.25, -0.2) is 0 Å². The largest absolute Gasteiger partial charge is 0.496 e. The fraction of sp³-hybridized carbons (Fsp3) is 0.600. The SMILES string of the molecule is COc1cc(C)c(C)cc1C(CCO)C(C)C. The van der Waals surface area contributed by atoms with Crippen LogP contribution in [0.1, 0.15) is 42.9 Å². The topological polar surface area (TPSA) is 29.5 Å². The van der Waals surface area contributed by atoms with Gasteiger partial charge in [-0.2, -0.15) is 0 Å². The van der Waals surface area contributed by atoms with Gasteiger partial charge in [0.1, 0.15) is 5.75 Å². The molecule has 96 valence electrons. The van der Waals surface area contributed by atoms with Crippen LogP contribution in [0.4, 0.5) is 0 Å². The molecule has 1 unspecified atom stereocenters. The zero-order valence-electron chi connectivity index (χ0n) is 11.6. The monoisotopic (exact) mass is 236 g/mol. The van der Waals surface area contributed by atoms with E-state index >= 15 is 0 Å². The van der Waals surface area contributed by atoms with E-state index in [9.17, 15) is 5.11 Å². The maximum absolute atomic E-state index is 9.19. The molecule has 0 bridgehead atoms. The summed E-state index contributed by atoms with van der Waals surface area (Å²) in [6, 6.07) is 4.30. The molecule has 0 heterocycles. The van der Waals surface area contributed by atoms with Crippen molar-refractivity contribution in [3.8, 4) is 5.75 Å². The quantitative estimate of drug-likeness (QED) is 0.848. The lowest BCUT2D eigenvalue weighted by Crippen LogP contribution is -2.11. The van der Waals surface area contributed by atoms with Gasteiger partial charge in [0, 0.05) is 6.61 Å². The van der Waals surface area contributed by atoms with Gasteiger partial charge in [0.25, 0.3) is 0 Å². The number of benzene rings is 1. The second-order valence-electron chi connectivity index (χ2n) is 5.04. The Bertz CT molecular complexity index is 369. The average Bonchev–Trinajstić information content (AvgIpc) is 2.29. The van der Waals surface area contributed by atoms with Gasteiger partial charge in [-0.3, -0.25) is 0 Å². The van der Waals surface area contributed by atoms with E-state index < -0.39 is 0 Å². The molecular formula is C15H24O2. The normalized spacial score (nSPS) is 12.9. The summed E-state index contributed by atoms with van der Waals surface area (Å²) in [7, 11) is 1.71. The lowest BCUT2D eigenvalue weighted by Gasteiger charge is -2.23. The third-order valence-corrected chi connectivity index (χ3v) is 3.49. The Kier molecular flexibility index (Phi) is 5.01. The summed E-state index contributed by atoms with van der Waals surface area (Å²) in [5, 5.41) is 9.19. The van der Waals surface area contributed by atoms with Crippen molar-refractivity contribution in [1.29, 1.82) is 0 Å². The Labute approximate surface area is 105 Å². The molecular weight excluding hydrogens is 212 g/mol. The molecule has 17 heavy (non-hydrogen) atoms. The molecule has 0 amide bonds. The van der Waals surface area contributed by atoms with E-state index in [1.165, 1.54) is 16.7 Å². The van der Waals surface area contributed by atoms with Crippen LogP contribution in [-0.4, -0.2) is 18.8 Å². The van der Waals surface area contributed by atoms with Gasteiger partial charge in [-0.15, -0.1) is 0 Å². The second-order valence-corrected chi connectivity index (χ2v) is 5.04. The van der Waals surface area contributed by atoms with Crippen LogP contribution >= 0.6 is 0 Å². The number of methoxy groups -OCH3 is 1. The van der Waals surface area contributed by atoms with Crippen molar-refractivity contribution in [2.24, 2.45) is 5.92 Å². The van der Waals surface area contributed by atoms with Gasteiger partial charge in [0.2, 0.25) is 0 Å². The summed E-state index contributed by atoms with van der Waals surface area (Å²) < 4.78 is 5.48. The van der Waals surface area contributed by atoms with E-state index in [1.54, 1.807) is 7.11 Å². The first-order valence-electron chi connectivity index (χ1n) is 6.27. The lowest BCUT2D eigenvalue weighted by atomic mass is 9.84. The number of aliphatic hydroxyl groups excluding tert-OH is 1. The summed E-state index contributed by atoms with van der Waals surface area (Å²) in [5.74, 6) is 1.80. The van der Waals surface area contributed by atoms with Gasteiger partial charge in [0.05, 0.1) is 7.11 Å². The van der Waals surface area contributed by atoms with E-state index in [2.05, 4.69) is 39.8 Å². The van der Waals surface area contributed by atoms with E-state index in [0.717, 1.165) is 12.2 Å². The van der Waals surface area contributed by atoms with E-state index in [-0.39, 0.29) is 6.61 Å². The predicted octanol–water partition coefficient (Wildman–Crippen LogP) is 3.43. The fourth-order valence-corrected chi connectivity index (χ4v) is 2.27. The molecule has 0 aliphatic rings. The predicted molar refractivity (Wildman–Crippen MR) is 71.7 cm³/mol. The minimum absolute atomic E-state index is 0.221. The van der Waals surface area contributed by atoms with Gasteiger partial charge in [-0.05, 0) is 54.9 Å². The van der Waals surface area contributed by atoms with Gasteiger partial charge >= 0.3 is 0 Å². The Morgan fingerprint density at radius 2 is 1.76 bits per heavy atom. The van der Waals surface area contributed by atoms with Crippen molar-refractivity contribution in [3.63, 3.8) is 0 Å². The highest BCUT2D eigenvalue weighted by Crippen LogP contribution is 2.35. The Balaban J connectivity index is 3.21. The molecule has 1 aromatic rings. The van der Waals surface area contributed by atoms with Crippen LogP contribution in [-0.2, 0) is 0 Å². The molecule has 0 radical (unpaired) electrons. The third kappa shape index (κ3) is 3.22. The van der Waals surface area contributed by atoms with Crippen molar-refractivity contribution < 1.29 is 9.84 Å². The molecule has 1 N–H and O–H groups in total. The van der Waals surface area contributed by atoms with Crippen molar-refractivity contribution in [2.75, 3.05) is 13.7 Å². The molecule has 2 nitrogen and oxygen atoms in total. The van der Waals surface area contributed by atoms with Crippen molar-refractivity contribution >= 4 is 0 Å². The standard InChI is InChI=1S/C15H24O2/c1-10(2)13(6-7-16)14-8-11(3)12(4)9-15(14)17-5/h8-10,13,16H,6-7H2,1-5H3. The van der Waals surface area contributed by atoms with Crippen LogP contribution in [0.25, 0.3) is 0 Å². The maximum Gasteiger partial charge on any atom is 0.122 e. The first-order valence-corrected chi connectivity index (χ1v) is 6.27. The minimum atomic E-state index is 0.221. The maximum atomic E-state index is 9.19. The zero-order chi connectivity index (χ0) is 13.0. The molecule has 0 fully saturated rings. The molecule has 0 spiro atoms. The van der Waals surface area contributed by atoms with Crippen LogP contribution in [0.3, 0.4) is 0 Å². The smallest absolute Gasteiger partial charge is 0.122 e.